The Labute approximate surface area is 103 Å². The Morgan fingerprint density at radius 1 is 1.29 bits per heavy atom. The van der Waals surface area contributed by atoms with E-state index in [4.69, 9.17) is 4.74 Å². The monoisotopic (exact) mass is 244 g/mol. The standard InChI is InChI=1S/C12H24N2O3/c1-8(11(15)13-4)7-14(5)10(3)9(2)12(16)17-6/h8-10H,7H2,1-6H3,(H,13,15). The van der Waals surface area contributed by atoms with Crippen molar-refractivity contribution < 1.29 is 14.3 Å². The van der Waals surface area contributed by atoms with Crippen molar-refractivity contribution in [2.75, 3.05) is 27.7 Å². The lowest BCUT2D eigenvalue weighted by Crippen LogP contribution is -2.43. The maximum Gasteiger partial charge on any atom is 0.309 e. The first kappa shape index (κ1) is 15.9. The molecular formula is C12H24N2O3. The SMILES string of the molecule is CNC(=O)C(C)CN(C)C(C)C(C)C(=O)OC. The Morgan fingerprint density at radius 2 is 1.82 bits per heavy atom. The molecule has 17 heavy (non-hydrogen) atoms. The molecule has 0 saturated carbocycles. The fourth-order valence-electron chi connectivity index (χ4n) is 1.69. The molecule has 5 nitrogen and oxygen atoms in total. The van der Waals surface area contributed by atoms with Gasteiger partial charge in [0.25, 0.3) is 0 Å². The third-order valence-electron chi connectivity index (χ3n) is 3.25. The number of amides is 1. The van der Waals surface area contributed by atoms with Gasteiger partial charge >= 0.3 is 5.97 Å². The van der Waals surface area contributed by atoms with Crippen LogP contribution in [0, 0.1) is 11.8 Å². The number of hydrogen-bond donors (Lipinski definition) is 1. The lowest BCUT2D eigenvalue weighted by molar-refractivity contribution is -0.146. The number of carbonyl (C=O) groups excluding carboxylic acids is 2. The minimum absolute atomic E-state index is 0.00905. The van der Waals surface area contributed by atoms with E-state index in [0.29, 0.717) is 6.54 Å². The van der Waals surface area contributed by atoms with E-state index in [0.717, 1.165) is 0 Å². The number of rotatable bonds is 6. The van der Waals surface area contributed by atoms with Gasteiger partial charge < -0.3 is 15.0 Å². The molecule has 3 unspecified atom stereocenters. The Bertz CT molecular complexity index is 268. The lowest BCUT2D eigenvalue weighted by Gasteiger charge is -2.30. The highest BCUT2D eigenvalue weighted by atomic mass is 16.5. The summed E-state index contributed by atoms with van der Waals surface area (Å²) in [5.74, 6) is -0.522. The molecule has 0 saturated heterocycles. The summed E-state index contributed by atoms with van der Waals surface area (Å²) in [6.07, 6.45) is 0. The molecule has 0 aliphatic carbocycles. The maximum atomic E-state index is 11.4. The molecule has 1 amide bonds. The van der Waals surface area contributed by atoms with Crippen LogP contribution in [0.3, 0.4) is 0 Å². The van der Waals surface area contributed by atoms with Crippen molar-refractivity contribution in [1.82, 2.24) is 10.2 Å². The summed E-state index contributed by atoms with van der Waals surface area (Å²) in [5, 5.41) is 2.61. The number of hydrogen-bond acceptors (Lipinski definition) is 4. The number of nitrogens with one attached hydrogen (secondary N) is 1. The van der Waals surface area contributed by atoms with E-state index in [1.165, 1.54) is 7.11 Å². The van der Waals surface area contributed by atoms with Crippen LogP contribution in [0.15, 0.2) is 0 Å². The number of esters is 1. The van der Waals surface area contributed by atoms with Gasteiger partial charge in [-0.05, 0) is 14.0 Å². The Hall–Kier alpha value is -1.10. The topological polar surface area (TPSA) is 58.6 Å². The molecule has 0 aromatic rings. The van der Waals surface area contributed by atoms with Crippen LogP contribution in [0.4, 0.5) is 0 Å². The highest BCUT2D eigenvalue weighted by Gasteiger charge is 2.26. The number of methoxy groups -OCH3 is 1. The van der Waals surface area contributed by atoms with Gasteiger partial charge in [0.1, 0.15) is 0 Å². The summed E-state index contributed by atoms with van der Waals surface area (Å²) in [6, 6.07) is 0.0366. The Kier molecular flexibility index (Phi) is 6.80. The smallest absolute Gasteiger partial charge is 0.309 e. The molecule has 5 heteroatoms. The van der Waals surface area contributed by atoms with Crippen molar-refractivity contribution >= 4 is 11.9 Å². The summed E-state index contributed by atoms with van der Waals surface area (Å²) in [7, 11) is 4.92. The van der Waals surface area contributed by atoms with Gasteiger partial charge in [-0.1, -0.05) is 13.8 Å². The summed E-state index contributed by atoms with van der Waals surface area (Å²) >= 11 is 0. The third-order valence-corrected chi connectivity index (χ3v) is 3.25. The second-order valence-corrected chi connectivity index (χ2v) is 4.51. The Morgan fingerprint density at radius 3 is 2.24 bits per heavy atom. The van der Waals surface area contributed by atoms with Crippen molar-refractivity contribution in [2.24, 2.45) is 11.8 Å². The molecule has 0 radical (unpaired) electrons. The first-order valence-electron chi connectivity index (χ1n) is 5.84. The van der Waals surface area contributed by atoms with Gasteiger partial charge in [0.15, 0.2) is 0 Å². The quantitative estimate of drug-likeness (QED) is 0.691. The maximum absolute atomic E-state index is 11.4. The van der Waals surface area contributed by atoms with Gasteiger partial charge in [-0.25, -0.2) is 0 Å². The average Bonchev–Trinajstić information content (AvgIpc) is 2.34. The van der Waals surface area contributed by atoms with Crippen molar-refractivity contribution in [2.45, 2.75) is 26.8 Å². The first-order valence-corrected chi connectivity index (χ1v) is 5.84. The van der Waals surface area contributed by atoms with Gasteiger partial charge in [-0.15, -0.1) is 0 Å². The average molecular weight is 244 g/mol. The van der Waals surface area contributed by atoms with Crippen molar-refractivity contribution in [3.05, 3.63) is 0 Å². The lowest BCUT2D eigenvalue weighted by atomic mass is 10.0. The molecule has 100 valence electrons. The fraction of sp³-hybridized carbons (Fsp3) is 0.833. The summed E-state index contributed by atoms with van der Waals surface area (Å²) in [5.41, 5.74) is 0. The zero-order chi connectivity index (χ0) is 13.6. The third kappa shape index (κ3) is 4.73. The Balaban J connectivity index is 4.35. The number of ether oxygens (including phenoxy) is 1. The molecule has 0 rings (SSSR count). The van der Waals surface area contributed by atoms with Gasteiger partial charge in [-0.3, -0.25) is 9.59 Å². The number of carbonyl (C=O) groups is 2. The molecule has 1 N–H and O–H groups in total. The van der Waals surface area contributed by atoms with E-state index in [-0.39, 0.29) is 29.8 Å². The van der Waals surface area contributed by atoms with Crippen LogP contribution in [-0.4, -0.2) is 50.6 Å². The van der Waals surface area contributed by atoms with Gasteiger partial charge in [0, 0.05) is 25.6 Å². The van der Waals surface area contributed by atoms with E-state index in [9.17, 15) is 9.59 Å². The van der Waals surface area contributed by atoms with E-state index in [1.807, 2.05) is 32.7 Å². The van der Waals surface area contributed by atoms with Gasteiger partial charge in [0.2, 0.25) is 5.91 Å². The normalized spacial score (nSPS) is 16.2. The van der Waals surface area contributed by atoms with Crippen LogP contribution < -0.4 is 5.32 Å². The highest BCUT2D eigenvalue weighted by molar-refractivity contribution is 5.78. The first-order chi connectivity index (χ1) is 7.84. The van der Waals surface area contributed by atoms with E-state index >= 15 is 0 Å². The second-order valence-electron chi connectivity index (χ2n) is 4.51. The van der Waals surface area contributed by atoms with Crippen molar-refractivity contribution in [3.8, 4) is 0 Å². The van der Waals surface area contributed by atoms with Crippen LogP contribution in [0.2, 0.25) is 0 Å². The van der Waals surface area contributed by atoms with E-state index in [1.54, 1.807) is 7.05 Å². The molecule has 0 fully saturated rings. The molecule has 0 aliphatic rings. The molecule has 0 aromatic carbocycles. The zero-order valence-corrected chi connectivity index (χ0v) is 11.6. The molecule has 0 aromatic heterocycles. The summed E-state index contributed by atoms with van der Waals surface area (Å²) < 4.78 is 4.71. The molecule has 3 atom stereocenters. The predicted molar refractivity (Wildman–Crippen MR) is 66.5 cm³/mol. The summed E-state index contributed by atoms with van der Waals surface area (Å²) in [6.45, 7) is 6.27. The zero-order valence-electron chi connectivity index (χ0n) is 11.6. The van der Waals surface area contributed by atoms with Crippen LogP contribution in [0.25, 0.3) is 0 Å². The minimum Gasteiger partial charge on any atom is -0.469 e. The minimum atomic E-state index is -0.225. The van der Waals surface area contributed by atoms with Crippen molar-refractivity contribution in [1.29, 1.82) is 0 Å². The van der Waals surface area contributed by atoms with Gasteiger partial charge in [-0.2, -0.15) is 0 Å². The van der Waals surface area contributed by atoms with Gasteiger partial charge in [0.05, 0.1) is 13.0 Å². The van der Waals surface area contributed by atoms with Crippen LogP contribution in [-0.2, 0) is 14.3 Å². The van der Waals surface area contributed by atoms with Crippen LogP contribution in [0.5, 0.6) is 0 Å². The fourth-order valence-corrected chi connectivity index (χ4v) is 1.69. The molecule has 0 spiro atoms. The highest BCUT2D eigenvalue weighted by Crippen LogP contribution is 2.12. The van der Waals surface area contributed by atoms with Crippen LogP contribution in [0.1, 0.15) is 20.8 Å². The second kappa shape index (κ2) is 7.27. The summed E-state index contributed by atoms with van der Waals surface area (Å²) in [4.78, 5) is 24.8. The van der Waals surface area contributed by atoms with E-state index in [2.05, 4.69) is 5.32 Å². The molecule has 0 aliphatic heterocycles. The predicted octanol–water partition coefficient (Wildman–Crippen LogP) is 0.498. The number of nitrogens with zero attached hydrogens (tertiary/aromatic N) is 1. The van der Waals surface area contributed by atoms with Crippen molar-refractivity contribution in [3.63, 3.8) is 0 Å². The molecule has 0 bridgehead atoms. The van der Waals surface area contributed by atoms with Crippen LogP contribution >= 0.6 is 0 Å². The largest absolute Gasteiger partial charge is 0.469 e. The molecular weight excluding hydrogens is 220 g/mol. The van der Waals surface area contributed by atoms with E-state index < -0.39 is 0 Å². The molecule has 0 heterocycles.